The van der Waals surface area contributed by atoms with Gasteiger partial charge in [-0.3, -0.25) is 4.79 Å². The molecule has 20 heavy (non-hydrogen) atoms. The van der Waals surface area contributed by atoms with Gasteiger partial charge in [0.05, 0.1) is 0 Å². The van der Waals surface area contributed by atoms with Crippen molar-refractivity contribution in [1.29, 1.82) is 0 Å². The van der Waals surface area contributed by atoms with Crippen LogP contribution in [0.1, 0.15) is 31.2 Å². The van der Waals surface area contributed by atoms with Gasteiger partial charge in [-0.15, -0.1) is 0 Å². The molecule has 3 rings (SSSR count). The van der Waals surface area contributed by atoms with Crippen LogP contribution in [-0.2, 0) is 20.9 Å². The van der Waals surface area contributed by atoms with Gasteiger partial charge in [-0.05, 0) is 42.6 Å². The highest BCUT2D eigenvalue weighted by atomic mass is 16.5. The molecule has 2 atom stereocenters. The predicted octanol–water partition coefficient (Wildman–Crippen LogP) is 3.18. The van der Waals surface area contributed by atoms with Gasteiger partial charge in [0, 0.05) is 19.6 Å². The number of hydrogen-bond donors (Lipinski definition) is 0. The molecule has 1 aliphatic carbocycles. The number of rotatable bonds is 4. The van der Waals surface area contributed by atoms with Crippen molar-refractivity contribution in [2.75, 3.05) is 13.2 Å². The van der Waals surface area contributed by atoms with E-state index < -0.39 is 0 Å². The van der Waals surface area contributed by atoms with Crippen molar-refractivity contribution < 1.29 is 14.3 Å². The summed E-state index contributed by atoms with van der Waals surface area (Å²) in [4.78, 5) is 12.0. The van der Waals surface area contributed by atoms with Crippen molar-refractivity contribution in [2.45, 2.75) is 32.3 Å². The Labute approximate surface area is 120 Å². The molecule has 0 spiro atoms. The van der Waals surface area contributed by atoms with Crippen LogP contribution >= 0.6 is 0 Å². The largest absolute Gasteiger partial charge is 0.461 e. The molecule has 2 bridgehead atoms. The zero-order valence-corrected chi connectivity index (χ0v) is 11.8. The van der Waals surface area contributed by atoms with E-state index in [1.807, 2.05) is 30.3 Å². The van der Waals surface area contributed by atoms with E-state index in [0.717, 1.165) is 31.6 Å². The zero-order chi connectivity index (χ0) is 13.8. The fourth-order valence-corrected chi connectivity index (χ4v) is 3.58. The maximum absolute atomic E-state index is 12.0. The highest BCUT2D eigenvalue weighted by Gasteiger charge is 2.33. The summed E-state index contributed by atoms with van der Waals surface area (Å²) in [6.45, 7) is 2.15. The molecule has 1 saturated carbocycles. The number of esters is 1. The number of carbonyl (C=O) groups is 1. The van der Waals surface area contributed by atoms with Crippen LogP contribution < -0.4 is 0 Å². The molecule has 0 radical (unpaired) electrons. The highest BCUT2D eigenvalue weighted by molar-refractivity contribution is 5.69. The summed E-state index contributed by atoms with van der Waals surface area (Å²) in [7, 11) is 0. The lowest BCUT2D eigenvalue weighted by molar-refractivity contribution is -0.147. The van der Waals surface area contributed by atoms with E-state index in [-0.39, 0.29) is 5.97 Å². The first-order chi connectivity index (χ1) is 9.79. The maximum atomic E-state index is 12.0. The second kappa shape index (κ2) is 6.40. The Hall–Kier alpha value is -1.35. The third-order valence-corrected chi connectivity index (χ3v) is 4.41. The SMILES string of the molecule is O=C(CC1CC2COCC(C2)C1)OCc1ccccc1. The van der Waals surface area contributed by atoms with Crippen LogP contribution in [0.2, 0.25) is 0 Å². The zero-order valence-electron chi connectivity index (χ0n) is 11.8. The smallest absolute Gasteiger partial charge is 0.306 e. The van der Waals surface area contributed by atoms with Gasteiger partial charge in [-0.25, -0.2) is 0 Å². The molecule has 2 unspecified atom stereocenters. The van der Waals surface area contributed by atoms with Gasteiger partial charge < -0.3 is 9.47 Å². The second-order valence-corrected chi connectivity index (χ2v) is 6.19. The normalized spacial score (nSPS) is 28.9. The Morgan fingerprint density at radius 3 is 2.50 bits per heavy atom. The van der Waals surface area contributed by atoms with Crippen LogP contribution in [0.5, 0.6) is 0 Å². The highest BCUT2D eigenvalue weighted by Crippen LogP contribution is 2.38. The summed E-state index contributed by atoms with van der Waals surface area (Å²) >= 11 is 0. The van der Waals surface area contributed by atoms with E-state index in [4.69, 9.17) is 9.47 Å². The first-order valence-electron chi connectivity index (χ1n) is 7.57. The van der Waals surface area contributed by atoms with E-state index >= 15 is 0 Å². The van der Waals surface area contributed by atoms with Crippen LogP contribution in [0.3, 0.4) is 0 Å². The molecule has 0 aromatic heterocycles. The third-order valence-electron chi connectivity index (χ3n) is 4.41. The van der Waals surface area contributed by atoms with Crippen LogP contribution in [0.4, 0.5) is 0 Å². The van der Waals surface area contributed by atoms with Crippen molar-refractivity contribution in [1.82, 2.24) is 0 Å². The topological polar surface area (TPSA) is 35.5 Å². The predicted molar refractivity (Wildman–Crippen MR) is 76.0 cm³/mol. The molecule has 2 fully saturated rings. The molecule has 1 aromatic rings. The molecule has 1 saturated heterocycles. The fourth-order valence-electron chi connectivity index (χ4n) is 3.58. The van der Waals surface area contributed by atoms with Gasteiger partial charge in [-0.1, -0.05) is 30.3 Å². The van der Waals surface area contributed by atoms with Gasteiger partial charge in [0.15, 0.2) is 0 Å². The minimum atomic E-state index is -0.0558. The van der Waals surface area contributed by atoms with E-state index in [1.165, 1.54) is 6.42 Å². The van der Waals surface area contributed by atoms with Gasteiger partial charge >= 0.3 is 5.97 Å². The molecule has 0 amide bonds. The summed E-state index contributed by atoms with van der Waals surface area (Å²) in [5.74, 6) is 1.76. The van der Waals surface area contributed by atoms with Crippen molar-refractivity contribution in [3.63, 3.8) is 0 Å². The quantitative estimate of drug-likeness (QED) is 0.791. The first kappa shape index (κ1) is 13.6. The van der Waals surface area contributed by atoms with Crippen molar-refractivity contribution >= 4 is 5.97 Å². The minimum absolute atomic E-state index is 0.0558. The molecular formula is C17H22O3. The lowest BCUT2D eigenvalue weighted by atomic mass is 9.73. The van der Waals surface area contributed by atoms with E-state index in [1.54, 1.807) is 0 Å². The van der Waals surface area contributed by atoms with Gasteiger partial charge in [0.2, 0.25) is 0 Å². The summed E-state index contributed by atoms with van der Waals surface area (Å²) in [6.07, 6.45) is 4.10. The van der Waals surface area contributed by atoms with E-state index in [2.05, 4.69) is 0 Å². The van der Waals surface area contributed by atoms with E-state index in [9.17, 15) is 4.79 Å². The van der Waals surface area contributed by atoms with Crippen LogP contribution in [0.15, 0.2) is 30.3 Å². The molecule has 3 nitrogen and oxygen atoms in total. The molecule has 3 heteroatoms. The maximum Gasteiger partial charge on any atom is 0.306 e. The van der Waals surface area contributed by atoms with Crippen LogP contribution in [-0.4, -0.2) is 19.2 Å². The first-order valence-corrected chi connectivity index (χ1v) is 7.57. The summed E-state index contributed by atoms with van der Waals surface area (Å²) in [6, 6.07) is 9.86. The van der Waals surface area contributed by atoms with E-state index in [0.29, 0.717) is 30.8 Å². The second-order valence-electron chi connectivity index (χ2n) is 6.19. The number of benzene rings is 1. The van der Waals surface area contributed by atoms with Crippen LogP contribution in [0.25, 0.3) is 0 Å². The van der Waals surface area contributed by atoms with Crippen molar-refractivity contribution in [3.05, 3.63) is 35.9 Å². The Bertz CT molecular complexity index is 431. The average molecular weight is 274 g/mol. The standard InChI is InChI=1S/C17H22O3/c18-17(20-12-13-4-2-1-3-5-13)9-14-6-15-8-16(7-14)11-19-10-15/h1-5,14-16H,6-12H2. The molecule has 1 heterocycles. The Kier molecular flexibility index (Phi) is 4.36. The molecule has 0 N–H and O–H groups in total. The minimum Gasteiger partial charge on any atom is -0.461 e. The van der Waals surface area contributed by atoms with Crippen LogP contribution in [0, 0.1) is 17.8 Å². The van der Waals surface area contributed by atoms with Crippen molar-refractivity contribution in [2.24, 2.45) is 17.8 Å². The summed E-state index contributed by atoms with van der Waals surface area (Å²) < 4.78 is 11.0. The molecule has 108 valence electrons. The number of ether oxygens (including phenoxy) is 2. The number of hydrogen-bond acceptors (Lipinski definition) is 3. The Morgan fingerprint density at radius 2 is 1.80 bits per heavy atom. The van der Waals surface area contributed by atoms with Gasteiger partial charge in [0.1, 0.15) is 6.61 Å². The lowest BCUT2D eigenvalue weighted by Gasteiger charge is -2.38. The molecular weight excluding hydrogens is 252 g/mol. The number of carbonyl (C=O) groups excluding carboxylic acids is 1. The Morgan fingerprint density at radius 1 is 1.10 bits per heavy atom. The summed E-state index contributed by atoms with van der Waals surface area (Å²) in [5, 5.41) is 0. The lowest BCUT2D eigenvalue weighted by Crippen LogP contribution is -2.34. The van der Waals surface area contributed by atoms with Gasteiger partial charge in [-0.2, -0.15) is 0 Å². The molecule has 1 aliphatic heterocycles. The van der Waals surface area contributed by atoms with Crippen molar-refractivity contribution in [3.8, 4) is 0 Å². The van der Waals surface area contributed by atoms with Gasteiger partial charge in [0.25, 0.3) is 0 Å². The Balaban J connectivity index is 1.44. The third kappa shape index (κ3) is 3.60. The molecule has 2 aliphatic rings. The average Bonchev–Trinajstić information content (AvgIpc) is 2.46. The fraction of sp³-hybridized carbons (Fsp3) is 0.588. The summed E-state index contributed by atoms with van der Waals surface area (Å²) in [5.41, 5.74) is 1.05. The monoisotopic (exact) mass is 274 g/mol. The number of fused-ring (bicyclic) bond motifs is 2. The molecule has 1 aromatic carbocycles.